The maximum absolute atomic E-state index is 12.0. The molecule has 2 N–H and O–H groups in total. The van der Waals surface area contributed by atoms with Gasteiger partial charge in [-0.25, -0.2) is 4.98 Å². The lowest BCUT2D eigenvalue weighted by Crippen LogP contribution is -2.26. The summed E-state index contributed by atoms with van der Waals surface area (Å²) in [5, 5.41) is 8.05. The van der Waals surface area contributed by atoms with Crippen molar-refractivity contribution in [2.75, 3.05) is 6.54 Å². The summed E-state index contributed by atoms with van der Waals surface area (Å²) in [6.07, 6.45) is 2.27. The number of fused-ring (bicyclic) bond motifs is 1. The van der Waals surface area contributed by atoms with Crippen LogP contribution in [0, 0.1) is 0 Å². The molecule has 1 amide bonds. The van der Waals surface area contributed by atoms with E-state index in [0.717, 1.165) is 16.7 Å². The van der Waals surface area contributed by atoms with Gasteiger partial charge in [-0.15, -0.1) is 0 Å². The Morgan fingerprint density at radius 2 is 2.25 bits per heavy atom. The molecule has 6 nitrogen and oxygen atoms in total. The van der Waals surface area contributed by atoms with Crippen molar-refractivity contribution in [1.82, 2.24) is 25.1 Å². The Bertz CT molecular complexity index is 710. The number of aromatic nitrogens is 4. The maximum atomic E-state index is 12.0. The highest BCUT2D eigenvalue weighted by molar-refractivity contribution is 5.97. The lowest BCUT2D eigenvalue weighted by atomic mass is 10.2. The zero-order valence-corrected chi connectivity index (χ0v) is 11.1. The third kappa shape index (κ3) is 2.54. The monoisotopic (exact) mass is 269 g/mol. The van der Waals surface area contributed by atoms with Gasteiger partial charge in [0.1, 0.15) is 12.0 Å². The molecule has 3 aromatic rings. The van der Waals surface area contributed by atoms with Crippen LogP contribution in [0.2, 0.25) is 0 Å². The van der Waals surface area contributed by atoms with Crippen LogP contribution in [0.5, 0.6) is 0 Å². The fourth-order valence-corrected chi connectivity index (χ4v) is 2.08. The highest BCUT2D eigenvalue weighted by Gasteiger charge is 2.09. The summed E-state index contributed by atoms with van der Waals surface area (Å²) in [4.78, 5) is 19.2. The second kappa shape index (κ2) is 5.16. The van der Waals surface area contributed by atoms with Gasteiger partial charge in [-0.2, -0.15) is 5.10 Å². The fraction of sp³-hybridized carbons (Fsp3) is 0.214. The minimum atomic E-state index is -0.114. The Morgan fingerprint density at radius 3 is 3.00 bits per heavy atom. The first kappa shape index (κ1) is 12.4. The molecule has 102 valence electrons. The van der Waals surface area contributed by atoms with E-state index < -0.39 is 0 Å². The average molecular weight is 269 g/mol. The molecule has 0 spiro atoms. The third-order valence-corrected chi connectivity index (χ3v) is 3.06. The first-order valence-electron chi connectivity index (χ1n) is 6.43. The molecule has 0 fully saturated rings. The summed E-state index contributed by atoms with van der Waals surface area (Å²) in [5.41, 5.74) is 1.53. The molecule has 20 heavy (non-hydrogen) atoms. The number of carbonyl (C=O) groups is 1. The molecule has 0 saturated carbocycles. The summed E-state index contributed by atoms with van der Waals surface area (Å²) in [6, 6.07) is 9.66. The largest absolute Gasteiger partial charge is 0.351 e. The van der Waals surface area contributed by atoms with E-state index in [2.05, 4.69) is 20.4 Å². The van der Waals surface area contributed by atoms with E-state index in [1.807, 2.05) is 37.4 Å². The van der Waals surface area contributed by atoms with Gasteiger partial charge in [0.05, 0.1) is 0 Å². The van der Waals surface area contributed by atoms with E-state index in [4.69, 9.17) is 0 Å². The van der Waals surface area contributed by atoms with Crippen LogP contribution in [-0.4, -0.2) is 32.2 Å². The number of hydrogen-bond donors (Lipinski definition) is 2. The van der Waals surface area contributed by atoms with Crippen LogP contribution in [-0.2, 0) is 13.5 Å². The molecule has 0 aliphatic heterocycles. The zero-order valence-electron chi connectivity index (χ0n) is 11.1. The van der Waals surface area contributed by atoms with Crippen LogP contribution in [0.4, 0.5) is 0 Å². The number of H-pyrrole nitrogens is 1. The molecule has 0 saturated heterocycles. The number of amides is 1. The van der Waals surface area contributed by atoms with Gasteiger partial charge in [0.15, 0.2) is 5.82 Å². The van der Waals surface area contributed by atoms with E-state index in [1.165, 1.54) is 0 Å². The lowest BCUT2D eigenvalue weighted by molar-refractivity contribution is 0.0950. The van der Waals surface area contributed by atoms with Crippen molar-refractivity contribution in [3.63, 3.8) is 0 Å². The SMILES string of the molecule is Cn1cnc(CCNC(=O)c2cc3ccccc3[nH]2)n1. The minimum absolute atomic E-state index is 0.114. The van der Waals surface area contributed by atoms with Crippen LogP contribution in [0.15, 0.2) is 36.7 Å². The van der Waals surface area contributed by atoms with Gasteiger partial charge in [0, 0.05) is 30.9 Å². The Balaban J connectivity index is 1.61. The summed E-state index contributed by atoms with van der Waals surface area (Å²) in [5.74, 6) is 0.613. The van der Waals surface area contributed by atoms with Crippen molar-refractivity contribution in [2.24, 2.45) is 7.05 Å². The molecule has 0 bridgehead atoms. The average Bonchev–Trinajstić information content (AvgIpc) is 3.04. The van der Waals surface area contributed by atoms with Crippen molar-refractivity contribution in [1.29, 1.82) is 0 Å². The first-order valence-corrected chi connectivity index (χ1v) is 6.43. The number of nitrogens with zero attached hydrogens (tertiary/aromatic N) is 3. The highest BCUT2D eigenvalue weighted by atomic mass is 16.1. The van der Waals surface area contributed by atoms with Crippen molar-refractivity contribution < 1.29 is 4.79 Å². The molecule has 2 heterocycles. The predicted molar refractivity (Wildman–Crippen MR) is 75.3 cm³/mol. The van der Waals surface area contributed by atoms with Gasteiger partial charge in [0.25, 0.3) is 5.91 Å². The number of carbonyl (C=O) groups excluding carboxylic acids is 1. The molecule has 0 unspecified atom stereocenters. The van der Waals surface area contributed by atoms with E-state index in [1.54, 1.807) is 11.0 Å². The van der Waals surface area contributed by atoms with Gasteiger partial charge in [-0.3, -0.25) is 9.48 Å². The predicted octanol–water partition coefficient (Wildman–Crippen LogP) is 1.27. The zero-order chi connectivity index (χ0) is 13.9. The van der Waals surface area contributed by atoms with Crippen LogP contribution >= 0.6 is 0 Å². The first-order chi connectivity index (χ1) is 9.72. The van der Waals surface area contributed by atoms with Crippen LogP contribution < -0.4 is 5.32 Å². The van der Waals surface area contributed by atoms with Crippen molar-refractivity contribution in [3.05, 3.63) is 48.2 Å². The molecule has 3 rings (SSSR count). The van der Waals surface area contributed by atoms with Gasteiger partial charge in [-0.1, -0.05) is 18.2 Å². The molecule has 2 aromatic heterocycles. The van der Waals surface area contributed by atoms with Crippen molar-refractivity contribution in [3.8, 4) is 0 Å². The number of aromatic amines is 1. The maximum Gasteiger partial charge on any atom is 0.267 e. The van der Waals surface area contributed by atoms with Crippen LogP contribution in [0.25, 0.3) is 10.9 Å². The Labute approximate surface area is 115 Å². The van der Waals surface area contributed by atoms with E-state index in [9.17, 15) is 4.79 Å². The van der Waals surface area contributed by atoms with Crippen molar-refractivity contribution in [2.45, 2.75) is 6.42 Å². The van der Waals surface area contributed by atoms with Gasteiger partial charge in [0.2, 0.25) is 0 Å². The van der Waals surface area contributed by atoms with Gasteiger partial charge in [-0.05, 0) is 12.1 Å². The highest BCUT2D eigenvalue weighted by Crippen LogP contribution is 2.14. The van der Waals surface area contributed by atoms with Crippen molar-refractivity contribution >= 4 is 16.8 Å². The lowest BCUT2D eigenvalue weighted by Gasteiger charge is -2.01. The summed E-state index contributed by atoms with van der Waals surface area (Å²) < 4.78 is 1.65. The number of benzene rings is 1. The minimum Gasteiger partial charge on any atom is -0.351 e. The second-order valence-electron chi connectivity index (χ2n) is 4.61. The van der Waals surface area contributed by atoms with Gasteiger partial charge < -0.3 is 10.3 Å². The summed E-state index contributed by atoms with van der Waals surface area (Å²) >= 11 is 0. The number of rotatable bonds is 4. The van der Waals surface area contributed by atoms with Crippen LogP contribution in [0.3, 0.4) is 0 Å². The Hall–Kier alpha value is -2.63. The molecule has 0 radical (unpaired) electrons. The summed E-state index contributed by atoms with van der Waals surface area (Å²) in [6.45, 7) is 0.512. The molecular weight excluding hydrogens is 254 g/mol. The number of para-hydroxylation sites is 1. The van der Waals surface area contributed by atoms with E-state index in [0.29, 0.717) is 18.7 Å². The summed E-state index contributed by atoms with van der Waals surface area (Å²) in [7, 11) is 1.82. The molecule has 0 atom stereocenters. The smallest absolute Gasteiger partial charge is 0.267 e. The molecular formula is C14H15N5O. The second-order valence-corrected chi connectivity index (χ2v) is 4.61. The number of hydrogen-bond acceptors (Lipinski definition) is 3. The topological polar surface area (TPSA) is 75.6 Å². The van der Waals surface area contributed by atoms with E-state index in [-0.39, 0.29) is 5.91 Å². The third-order valence-electron chi connectivity index (χ3n) is 3.06. The van der Waals surface area contributed by atoms with Crippen LogP contribution in [0.1, 0.15) is 16.3 Å². The van der Waals surface area contributed by atoms with E-state index >= 15 is 0 Å². The molecule has 0 aliphatic rings. The molecule has 0 aliphatic carbocycles. The molecule has 6 heteroatoms. The Morgan fingerprint density at radius 1 is 1.40 bits per heavy atom. The van der Waals surface area contributed by atoms with Gasteiger partial charge >= 0.3 is 0 Å². The quantitative estimate of drug-likeness (QED) is 0.749. The normalized spacial score (nSPS) is 10.8. The standard InChI is InChI=1S/C14H15N5O/c1-19-9-16-13(18-19)6-7-15-14(20)12-8-10-4-2-3-5-11(10)17-12/h2-5,8-9,17H,6-7H2,1H3,(H,15,20). The molecule has 1 aromatic carbocycles. The fourth-order valence-electron chi connectivity index (χ4n) is 2.08. The number of nitrogens with one attached hydrogen (secondary N) is 2. The Kier molecular flexibility index (Phi) is 3.20. The number of aryl methyl sites for hydroxylation is 1.